The summed E-state index contributed by atoms with van der Waals surface area (Å²) in [6.45, 7) is 1.23. The second kappa shape index (κ2) is 8.51. The number of ether oxygens (including phenoxy) is 2. The maximum absolute atomic E-state index is 12.9. The zero-order valence-corrected chi connectivity index (χ0v) is 17.9. The van der Waals surface area contributed by atoms with Crippen LogP contribution >= 0.6 is 11.8 Å². The maximum atomic E-state index is 12.9. The summed E-state index contributed by atoms with van der Waals surface area (Å²) in [5.74, 6) is 0.979. The fourth-order valence-electron chi connectivity index (χ4n) is 3.76. The minimum absolute atomic E-state index is 0.182. The van der Waals surface area contributed by atoms with Crippen molar-refractivity contribution in [2.45, 2.75) is 11.3 Å². The SMILES string of the molecule is O=C(CSc1ccc2c(c1)OCCCO2)Nc1ccc2c(c1)C(=O)c1ccccc1C2=O. The molecule has 1 amide bonds. The van der Waals surface area contributed by atoms with Gasteiger partial charge in [0.1, 0.15) is 0 Å². The lowest BCUT2D eigenvalue weighted by Gasteiger charge is -2.18. The topological polar surface area (TPSA) is 81.7 Å². The lowest BCUT2D eigenvalue weighted by Crippen LogP contribution is -2.21. The Morgan fingerprint density at radius 2 is 1.50 bits per heavy atom. The van der Waals surface area contributed by atoms with Gasteiger partial charge in [0.15, 0.2) is 23.1 Å². The van der Waals surface area contributed by atoms with Crippen LogP contribution in [0.3, 0.4) is 0 Å². The molecule has 7 heteroatoms. The normalized spacial score (nSPS) is 14.2. The van der Waals surface area contributed by atoms with Crippen LogP contribution < -0.4 is 14.8 Å². The molecule has 6 nitrogen and oxygen atoms in total. The third-order valence-electron chi connectivity index (χ3n) is 5.30. The average molecular weight is 445 g/mol. The van der Waals surface area contributed by atoms with Gasteiger partial charge in [0.25, 0.3) is 0 Å². The van der Waals surface area contributed by atoms with Crippen molar-refractivity contribution in [3.8, 4) is 11.5 Å². The molecular formula is C25H19NO5S. The van der Waals surface area contributed by atoms with Crippen LogP contribution in [0.5, 0.6) is 11.5 Å². The van der Waals surface area contributed by atoms with Crippen LogP contribution in [0, 0.1) is 0 Å². The first-order valence-corrected chi connectivity index (χ1v) is 11.2. The van der Waals surface area contributed by atoms with E-state index in [1.54, 1.807) is 42.5 Å². The van der Waals surface area contributed by atoms with Gasteiger partial charge in [-0.15, -0.1) is 11.8 Å². The van der Waals surface area contributed by atoms with Gasteiger partial charge in [-0.25, -0.2) is 0 Å². The van der Waals surface area contributed by atoms with E-state index in [2.05, 4.69) is 5.32 Å². The molecule has 0 bridgehead atoms. The van der Waals surface area contributed by atoms with Crippen molar-refractivity contribution in [1.29, 1.82) is 0 Å². The fourth-order valence-corrected chi connectivity index (χ4v) is 4.48. The zero-order chi connectivity index (χ0) is 22.1. The van der Waals surface area contributed by atoms with Crippen molar-refractivity contribution in [1.82, 2.24) is 0 Å². The molecule has 0 spiro atoms. The van der Waals surface area contributed by atoms with Gasteiger partial charge < -0.3 is 14.8 Å². The molecule has 5 rings (SSSR count). The van der Waals surface area contributed by atoms with Gasteiger partial charge in [0.2, 0.25) is 5.91 Å². The van der Waals surface area contributed by atoms with Gasteiger partial charge in [-0.3, -0.25) is 14.4 Å². The second-order valence-electron chi connectivity index (χ2n) is 7.46. The lowest BCUT2D eigenvalue weighted by atomic mass is 9.84. The Morgan fingerprint density at radius 3 is 2.28 bits per heavy atom. The molecule has 0 aromatic heterocycles. The molecule has 0 atom stereocenters. The van der Waals surface area contributed by atoms with E-state index < -0.39 is 0 Å². The summed E-state index contributed by atoms with van der Waals surface area (Å²) in [6, 6.07) is 17.2. The molecule has 0 radical (unpaired) electrons. The van der Waals surface area contributed by atoms with Crippen LogP contribution in [-0.2, 0) is 4.79 Å². The first-order chi connectivity index (χ1) is 15.6. The highest BCUT2D eigenvalue weighted by atomic mass is 32.2. The van der Waals surface area contributed by atoms with E-state index in [4.69, 9.17) is 9.47 Å². The van der Waals surface area contributed by atoms with Crippen molar-refractivity contribution in [3.05, 3.63) is 82.9 Å². The summed E-state index contributed by atoms with van der Waals surface area (Å²) >= 11 is 1.38. The minimum atomic E-state index is -0.215. The summed E-state index contributed by atoms with van der Waals surface area (Å²) in [6.07, 6.45) is 0.833. The van der Waals surface area contributed by atoms with Crippen LogP contribution in [0.1, 0.15) is 38.3 Å². The molecule has 1 heterocycles. The van der Waals surface area contributed by atoms with Crippen LogP contribution in [-0.4, -0.2) is 36.4 Å². The van der Waals surface area contributed by atoms with Gasteiger partial charge in [0.05, 0.1) is 19.0 Å². The Balaban J connectivity index is 1.27. The third-order valence-corrected chi connectivity index (χ3v) is 6.29. The van der Waals surface area contributed by atoms with Gasteiger partial charge in [0, 0.05) is 39.3 Å². The predicted octanol–water partition coefficient (Wildman–Crippen LogP) is 4.35. The van der Waals surface area contributed by atoms with Crippen molar-refractivity contribution < 1.29 is 23.9 Å². The largest absolute Gasteiger partial charge is 0.490 e. The van der Waals surface area contributed by atoms with Gasteiger partial charge in [-0.05, 0) is 36.4 Å². The zero-order valence-electron chi connectivity index (χ0n) is 17.1. The highest BCUT2D eigenvalue weighted by Crippen LogP contribution is 2.34. The minimum Gasteiger partial charge on any atom is -0.490 e. The maximum Gasteiger partial charge on any atom is 0.234 e. The first-order valence-electron chi connectivity index (χ1n) is 10.2. The van der Waals surface area contributed by atoms with Gasteiger partial charge in [-0.2, -0.15) is 0 Å². The van der Waals surface area contributed by atoms with Gasteiger partial charge >= 0.3 is 0 Å². The molecular weight excluding hydrogens is 426 g/mol. The van der Waals surface area contributed by atoms with Crippen molar-refractivity contribution in [2.75, 3.05) is 24.3 Å². The number of nitrogens with one attached hydrogen (secondary N) is 1. The molecule has 160 valence electrons. The van der Waals surface area contributed by atoms with E-state index >= 15 is 0 Å². The molecule has 1 aliphatic carbocycles. The molecule has 0 fully saturated rings. The number of thioether (sulfide) groups is 1. The third kappa shape index (κ3) is 3.87. The van der Waals surface area contributed by atoms with E-state index in [-0.39, 0.29) is 23.2 Å². The van der Waals surface area contributed by atoms with E-state index in [1.807, 2.05) is 18.2 Å². The molecule has 32 heavy (non-hydrogen) atoms. The van der Waals surface area contributed by atoms with Crippen LogP contribution in [0.4, 0.5) is 5.69 Å². The van der Waals surface area contributed by atoms with E-state index in [9.17, 15) is 14.4 Å². The molecule has 3 aromatic carbocycles. The number of hydrogen-bond acceptors (Lipinski definition) is 6. The molecule has 0 saturated carbocycles. The second-order valence-corrected chi connectivity index (χ2v) is 8.51. The summed E-state index contributed by atoms with van der Waals surface area (Å²) in [5.41, 5.74) is 1.94. The quantitative estimate of drug-likeness (QED) is 0.470. The molecule has 0 saturated heterocycles. The van der Waals surface area contributed by atoms with Crippen LogP contribution in [0.15, 0.2) is 65.6 Å². The standard InChI is InChI=1S/C25H19NO5S/c27-23(14-32-16-7-9-21-22(13-16)31-11-3-10-30-21)26-15-6-8-19-20(12-15)25(29)18-5-2-1-4-17(18)24(19)28/h1-2,4-9,12-13H,3,10-11,14H2,(H,26,27). The summed E-state index contributed by atoms with van der Waals surface area (Å²) in [7, 11) is 0. The lowest BCUT2D eigenvalue weighted by molar-refractivity contribution is -0.113. The molecule has 1 aliphatic heterocycles. The number of carbonyl (C=O) groups is 3. The Bertz CT molecular complexity index is 1250. The van der Waals surface area contributed by atoms with Gasteiger partial charge in [-0.1, -0.05) is 24.3 Å². The van der Waals surface area contributed by atoms with Crippen LogP contribution in [0.25, 0.3) is 0 Å². The smallest absolute Gasteiger partial charge is 0.234 e. The van der Waals surface area contributed by atoms with E-state index in [1.165, 1.54) is 11.8 Å². The number of amides is 1. The fraction of sp³-hybridized carbons (Fsp3) is 0.160. The number of anilines is 1. The number of hydrogen-bond donors (Lipinski definition) is 1. The van der Waals surface area contributed by atoms with E-state index in [0.717, 1.165) is 11.3 Å². The molecule has 1 N–H and O–H groups in total. The molecule has 0 unspecified atom stereocenters. The first kappa shape index (κ1) is 20.3. The number of fused-ring (bicyclic) bond motifs is 3. The number of rotatable bonds is 4. The van der Waals surface area contributed by atoms with Crippen molar-refractivity contribution >= 4 is 34.9 Å². The monoisotopic (exact) mass is 445 g/mol. The Labute approximate surface area is 188 Å². The highest BCUT2D eigenvalue weighted by Gasteiger charge is 2.29. The van der Waals surface area contributed by atoms with Crippen molar-refractivity contribution in [2.24, 2.45) is 0 Å². The number of carbonyl (C=O) groups excluding carboxylic acids is 3. The number of ketones is 2. The summed E-state index contributed by atoms with van der Waals surface area (Å²) in [5, 5.41) is 2.81. The Morgan fingerprint density at radius 1 is 0.812 bits per heavy atom. The highest BCUT2D eigenvalue weighted by molar-refractivity contribution is 8.00. The molecule has 2 aliphatic rings. The average Bonchev–Trinajstić information content (AvgIpc) is 3.06. The van der Waals surface area contributed by atoms with Crippen LogP contribution in [0.2, 0.25) is 0 Å². The molecule has 3 aromatic rings. The summed E-state index contributed by atoms with van der Waals surface area (Å²) < 4.78 is 11.3. The predicted molar refractivity (Wildman–Crippen MR) is 121 cm³/mol. The Hall–Kier alpha value is -3.58. The summed E-state index contributed by atoms with van der Waals surface area (Å²) in [4.78, 5) is 39.0. The Kier molecular flexibility index (Phi) is 5.41. The van der Waals surface area contributed by atoms with E-state index in [0.29, 0.717) is 52.7 Å². The van der Waals surface area contributed by atoms with Crippen molar-refractivity contribution in [3.63, 3.8) is 0 Å². The number of benzene rings is 3.